The maximum Gasteiger partial charge on any atom is 0.455 e. The minimum absolute atomic E-state index is 0.0642. The van der Waals surface area contributed by atoms with Crippen molar-refractivity contribution in [1.82, 2.24) is 4.57 Å². The zero-order valence-electron chi connectivity index (χ0n) is 16.6. The number of pyridine rings is 1. The monoisotopic (exact) mass is 435 g/mol. The quantitative estimate of drug-likeness (QED) is 0.431. The fourth-order valence-corrected chi connectivity index (χ4v) is 3.55. The van der Waals surface area contributed by atoms with Gasteiger partial charge in [0.2, 0.25) is 0 Å². The van der Waals surface area contributed by atoms with E-state index in [-0.39, 0.29) is 16.6 Å². The van der Waals surface area contributed by atoms with Crippen molar-refractivity contribution in [1.29, 1.82) is 0 Å². The van der Waals surface area contributed by atoms with Gasteiger partial charge in [0.15, 0.2) is 0 Å². The first-order valence-electron chi connectivity index (χ1n) is 9.53. The number of benzene rings is 3. The molecular weight excluding hydrogens is 419 g/mol. The molecule has 0 aliphatic rings. The third kappa shape index (κ3) is 3.58. The molecule has 1 aromatic heterocycles. The number of ketones is 1. The van der Waals surface area contributed by atoms with Gasteiger partial charge in [0, 0.05) is 11.1 Å². The Morgan fingerprint density at radius 3 is 2.06 bits per heavy atom. The van der Waals surface area contributed by atoms with Crippen LogP contribution in [0.2, 0.25) is 0 Å². The van der Waals surface area contributed by atoms with Gasteiger partial charge in [-0.15, -0.1) is 0 Å². The Morgan fingerprint density at radius 1 is 0.875 bits per heavy atom. The van der Waals surface area contributed by atoms with E-state index in [0.717, 1.165) is 10.1 Å². The van der Waals surface area contributed by atoms with Gasteiger partial charge in [0.25, 0.3) is 11.3 Å². The van der Waals surface area contributed by atoms with Crippen LogP contribution in [0.4, 0.5) is 13.2 Å². The predicted molar refractivity (Wildman–Crippen MR) is 116 cm³/mol. The molecule has 3 aromatic carbocycles. The van der Waals surface area contributed by atoms with Crippen molar-refractivity contribution in [2.24, 2.45) is 0 Å². The number of carbonyl (C=O) groups is 1. The number of rotatable bonds is 4. The number of para-hydroxylation sites is 1. The molecule has 4 nitrogen and oxygen atoms in total. The van der Waals surface area contributed by atoms with E-state index in [0.29, 0.717) is 11.1 Å². The summed E-state index contributed by atoms with van der Waals surface area (Å²) in [4.78, 5) is 25.1. The summed E-state index contributed by atoms with van der Waals surface area (Å²) in [7, 11) is 0. The normalized spacial score (nSPS) is 11.5. The van der Waals surface area contributed by atoms with Gasteiger partial charge >= 0.3 is 6.18 Å². The average molecular weight is 435 g/mol. The molecule has 1 N–H and O–H groups in total. The van der Waals surface area contributed by atoms with E-state index < -0.39 is 28.8 Å². The number of nitrogens with zero attached hydrogens (tertiary/aromatic N) is 1. The molecule has 32 heavy (non-hydrogen) atoms. The Labute approximate surface area is 180 Å². The number of halogens is 3. The number of carbonyl (C=O) groups excluding carboxylic acids is 1. The van der Waals surface area contributed by atoms with E-state index in [2.05, 4.69) is 6.58 Å². The van der Waals surface area contributed by atoms with Gasteiger partial charge in [-0.05, 0) is 41.0 Å². The molecule has 0 spiro atoms. The van der Waals surface area contributed by atoms with E-state index in [1.165, 1.54) is 18.2 Å². The zero-order chi connectivity index (χ0) is 23.0. The van der Waals surface area contributed by atoms with Crippen LogP contribution >= 0.6 is 0 Å². The molecule has 0 aliphatic carbocycles. The Morgan fingerprint density at radius 2 is 1.47 bits per heavy atom. The molecule has 0 aliphatic heterocycles. The van der Waals surface area contributed by atoms with Crippen molar-refractivity contribution < 1.29 is 23.1 Å². The standard InChI is InChI=1S/C25H16F3NO3/c1-15(16-8-4-2-5-9-16)17-12-13-19-20(14-17)29(18-10-6-3-7-11-18)24(32)21(22(19)30)23(31)25(26,27)28/h2-14,30H,1H2. The van der Waals surface area contributed by atoms with Gasteiger partial charge in [0.05, 0.1) is 5.52 Å². The van der Waals surface area contributed by atoms with Crippen molar-refractivity contribution in [3.8, 4) is 11.4 Å². The minimum atomic E-state index is -5.32. The number of Topliss-reactive ketones (excluding diaryl/α,β-unsaturated/α-hetero) is 1. The summed E-state index contributed by atoms with van der Waals surface area (Å²) in [5.41, 5.74) is -0.146. The van der Waals surface area contributed by atoms with E-state index in [1.807, 2.05) is 30.3 Å². The SMILES string of the molecule is C=C(c1ccccc1)c1ccc2c(O)c(C(=O)C(F)(F)F)c(=O)n(-c3ccccc3)c2c1. The number of aromatic nitrogens is 1. The molecule has 1 heterocycles. The molecular formula is C25H16F3NO3. The number of alkyl halides is 3. The van der Waals surface area contributed by atoms with Crippen molar-refractivity contribution in [2.75, 3.05) is 0 Å². The lowest BCUT2D eigenvalue weighted by molar-refractivity contribution is -0.0887. The second-order valence-corrected chi connectivity index (χ2v) is 7.10. The molecule has 4 rings (SSSR count). The smallest absolute Gasteiger partial charge is 0.455 e. The third-order valence-corrected chi connectivity index (χ3v) is 5.12. The average Bonchev–Trinajstić information content (AvgIpc) is 2.79. The maximum absolute atomic E-state index is 13.2. The molecule has 160 valence electrons. The van der Waals surface area contributed by atoms with Crippen molar-refractivity contribution in [2.45, 2.75) is 6.18 Å². The lowest BCUT2D eigenvalue weighted by Gasteiger charge is -2.17. The van der Waals surface area contributed by atoms with E-state index in [1.54, 1.807) is 30.3 Å². The summed E-state index contributed by atoms with van der Waals surface area (Å²) >= 11 is 0. The van der Waals surface area contributed by atoms with Crippen LogP contribution in [0.1, 0.15) is 21.5 Å². The summed E-state index contributed by atoms with van der Waals surface area (Å²) in [5, 5.41) is 10.5. The van der Waals surface area contributed by atoms with Crippen LogP contribution in [0.25, 0.3) is 22.2 Å². The summed E-state index contributed by atoms with van der Waals surface area (Å²) in [6, 6.07) is 21.7. The second kappa shape index (κ2) is 7.85. The highest BCUT2D eigenvalue weighted by molar-refractivity contribution is 6.07. The third-order valence-electron chi connectivity index (χ3n) is 5.12. The number of aromatic hydroxyl groups is 1. The minimum Gasteiger partial charge on any atom is -0.506 e. The molecule has 0 saturated heterocycles. The number of hydrogen-bond acceptors (Lipinski definition) is 3. The van der Waals surface area contributed by atoms with Gasteiger partial charge in [-0.2, -0.15) is 13.2 Å². The first kappa shape index (κ1) is 21.1. The second-order valence-electron chi connectivity index (χ2n) is 7.10. The van der Waals surface area contributed by atoms with Gasteiger partial charge < -0.3 is 5.11 Å². The largest absolute Gasteiger partial charge is 0.506 e. The molecule has 0 atom stereocenters. The molecule has 0 bridgehead atoms. The van der Waals surface area contributed by atoms with E-state index >= 15 is 0 Å². The van der Waals surface area contributed by atoms with Crippen LogP contribution in [0.15, 0.2) is 90.2 Å². The topological polar surface area (TPSA) is 59.3 Å². The summed E-state index contributed by atoms with van der Waals surface area (Å²) in [5.74, 6) is -3.40. The molecule has 7 heteroatoms. The molecule has 0 unspecified atom stereocenters. The number of hydrogen-bond donors (Lipinski definition) is 1. The summed E-state index contributed by atoms with van der Waals surface area (Å²) in [6.07, 6.45) is -5.32. The van der Waals surface area contributed by atoms with Gasteiger partial charge in [-0.1, -0.05) is 61.2 Å². The first-order valence-corrected chi connectivity index (χ1v) is 9.53. The Hall–Kier alpha value is -4.13. The zero-order valence-corrected chi connectivity index (χ0v) is 16.6. The highest BCUT2D eigenvalue weighted by Crippen LogP contribution is 2.34. The fraction of sp³-hybridized carbons (Fsp3) is 0.0400. The van der Waals surface area contributed by atoms with Crippen LogP contribution in [0.3, 0.4) is 0 Å². The Balaban J connectivity index is 2.06. The predicted octanol–water partition coefficient (Wildman–Crippen LogP) is 5.50. The molecule has 0 saturated carbocycles. The Kier molecular flexibility index (Phi) is 5.18. The van der Waals surface area contributed by atoms with Crippen molar-refractivity contribution >= 4 is 22.3 Å². The highest BCUT2D eigenvalue weighted by Gasteiger charge is 2.43. The summed E-state index contributed by atoms with van der Waals surface area (Å²) < 4.78 is 40.5. The van der Waals surface area contributed by atoms with Crippen molar-refractivity contribution in [3.63, 3.8) is 0 Å². The maximum atomic E-state index is 13.2. The van der Waals surface area contributed by atoms with Crippen LogP contribution < -0.4 is 5.56 Å². The van der Waals surface area contributed by atoms with Crippen LogP contribution in [-0.4, -0.2) is 21.6 Å². The first-order chi connectivity index (χ1) is 15.2. The molecule has 4 aromatic rings. The van der Waals surface area contributed by atoms with E-state index in [9.17, 15) is 27.9 Å². The van der Waals surface area contributed by atoms with Gasteiger partial charge in [-0.25, -0.2) is 0 Å². The lowest BCUT2D eigenvalue weighted by atomic mass is 9.97. The van der Waals surface area contributed by atoms with Crippen LogP contribution in [0, 0.1) is 0 Å². The lowest BCUT2D eigenvalue weighted by Crippen LogP contribution is -2.33. The summed E-state index contributed by atoms with van der Waals surface area (Å²) in [6.45, 7) is 4.07. The molecule has 0 fully saturated rings. The molecule has 0 amide bonds. The number of fused-ring (bicyclic) bond motifs is 1. The van der Waals surface area contributed by atoms with E-state index in [4.69, 9.17) is 0 Å². The van der Waals surface area contributed by atoms with Crippen LogP contribution in [0.5, 0.6) is 5.75 Å². The highest BCUT2D eigenvalue weighted by atomic mass is 19.4. The van der Waals surface area contributed by atoms with Crippen LogP contribution in [-0.2, 0) is 0 Å². The van der Waals surface area contributed by atoms with Gasteiger partial charge in [0.1, 0.15) is 11.3 Å². The van der Waals surface area contributed by atoms with Gasteiger partial charge in [-0.3, -0.25) is 14.2 Å². The van der Waals surface area contributed by atoms with Crippen molar-refractivity contribution in [3.05, 3.63) is 112 Å². The Bertz CT molecular complexity index is 1410. The molecule has 0 radical (unpaired) electrons. The fourth-order valence-electron chi connectivity index (χ4n) is 3.55.